The largest absolute Gasteiger partial charge is 0.0654 e. The van der Waals surface area contributed by atoms with Gasteiger partial charge in [0.15, 0.2) is 0 Å². The highest BCUT2D eigenvalue weighted by Crippen LogP contribution is 2.26. The maximum absolute atomic E-state index is 2.30. The van der Waals surface area contributed by atoms with Crippen LogP contribution in [0.25, 0.3) is 0 Å². The minimum absolute atomic E-state index is 1.09. The van der Waals surface area contributed by atoms with Crippen LogP contribution in [-0.4, -0.2) is 0 Å². The Hall–Kier alpha value is 0. The van der Waals surface area contributed by atoms with E-state index < -0.39 is 0 Å². The summed E-state index contributed by atoms with van der Waals surface area (Å²) in [5.41, 5.74) is 0. The number of rotatable bonds is 6. The highest BCUT2D eigenvalue weighted by Gasteiger charge is 2.10. The summed E-state index contributed by atoms with van der Waals surface area (Å²) in [7, 11) is 0. The molecule has 1 aliphatic rings. The van der Waals surface area contributed by atoms with E-state index in [9.17, 15) is 0 Å². The van der Waals surface area contributed by atoms with Gasteiger partial charge in [0.25, 0.3) is 0 Å². The molecule has 0 aliphatic heterocycles. The van der Waals surface area contributed by atoms with Crippen LogP contribution in [0.5, 0.6) is 0 Å². The third-order valence-corrected chi connectivity index (χ3v) is 3.94. The average molecular weight is 210 g/mol. The number of hydrogen-bond acceptors (Lipinski definition) is 0. The molecule has 15 heavy (non-hydrogen) atoms. The molecule has 1 fully saturated rings. The molecule has 0 amide bonds. The van der Waals surface area contributed by atoms with Gasteiger partial charge in [0.2, 0.25) is 0 Å². The molecule has 0 radical (unpaired) electrons. The summed E-state index contributed by atoms with van der Waals surface area (Å²) in [4.78, 5) is 0. The molecule has 1 saturated carbocycles. The minimum atomic E-state index is 1.09. The zero-order valence-electron chi connectivity index (χ0n) is 10.8. The van der Waals surface area contributed by atoms with Crippen LogP contribution in [0.15, 0.2) is 0 Å². The van der Waals surface area contributed by atoms with Gasteiger partial charge >= 0.3 is 0 Å². The van der Waals surface area contributed by atoms with Crippen LogP contribution in [0.2, 0.25) is 0 Å². The van der Waals surface area contributed by atoms with Crippen LogP contribution in [0.1, 0.15) is 90.4 Å². The first kappa shape index (κ1) is 13.1. The maximum atomic E-state index is 2.30. The van der Waals surface area contributed by atoms with Crippen LogP contribution in [0, 0.1) is 5.92 Å². The molecule has 0 aromatic rings. The third kappa shape index (κ3) is 6.98. The Kier molecular flexibility index (Phi) is 8.05. The molecule has 0 saturated heterocycles. The van der Waals surface area contributed by atoms with Crippen LogP contribution in [0.4, 0.5) is 0 Å². The van der Waals surface area contributed by atoms with Gasteiger partial charge in [-0.1, -0.05) is 90.4 Å². The van der Waals surface area contributed by atoms with E-state index in [4.69, 9.17) is 0 Å². The van der Waals surface area contributed by atoms with Crippen molar-refractivity contribution in [2.75, 3.05) is 0 Å². The molecule has 0 heteroatoms. The third-order valence-electron chi connectivity index (χ3n) is 3.94. The van der Waals surface area contributed by atoms with Crippen LogP contribution < -0.4 is 0 Å². The predicted molar refractivity (Wildman–Crippen MR) is 69.2 cm³/mol. The summed E-state index contributed by atoms with van der Waals surface area (Å²) in [6, 6.07) is 0. The fourth-order valence-electron chi connectivity index (χ4n) is 2.87. The Bertz CT molecular complexity index is 120. The molecule has 0 atom stereocenters. The lowest BCUT2D eigenvalue weighted by Gasteiger charge is -2.19. The van der Waals surface area contributed by atoms with Gasteiger partial charge in [0.1, 0.15) is 0 Å². The summed E-state index contributed by atoms with van der Waals surface area (Å²) in [5, 5.41) is 0. The Morgan fingerprint density at radius 3 is 2.00 bits per heavy atom. The summed E-state index contributed by atoms with van der Waals surface area (Å²) in [6.45, 7) is 2.30. The van der Waals surface area contributed by atoms with Crippen molar-refractivity contribution in [2.45, 2.75) is 90.4 Å². The second-order valence-corrected chi connectivity index (χ2v) is 5.41. The normalized spacial score (nSPS) is 19.8. The Labute approximate surface area is 96.8 Å². The Morgan fingerprint density at radius 2 is 1.33 bits per heavy atom. The summed E-state index contributed by atoms with van der Waals surface area (Å²) in [5.74, 6) is 1.09. The molecule has 0 unspecified atom stereocenters. The van der Waals surface area contributed by atoms with Gasteiger partial charge in [-0.3, -0.25) is 0 Å². The van der Waals surface area contributed by atoms with Crippen LogP contribution >= 0.6 is 0 Å². The molecular weight excluding hydrogens is 180 g/mol. The minimum Gasteiger partial charge on any atom is -0.0654 e. The molecule has 0 aromatic carbocycles. The standard InChI is InChI=1S/C15H30/c1-2-3-4-6-9-12-15-13-10-7-5-8-11-14-15/h15H,2-14H2,1H3. The molecule has 90 valence electrons. The van der Waals surface area contributed by atoms with Gasteiger partial charge < -0.3 is 0 Å². The summed E-state index contributed by atoms with van der Waals surface area (Å²) in [6.07, 6.45) is 19.4. The molecule has 1 rings (SSSR count). The Morgan fingerprint density at radius 1 is 0.733 bits per heavy atom. The quantitative estimate of drug-likeness (QED) is 0.493. The topological polar surface area (TPSA) is 0 Å². The van der Waals surface area contributed by atoms with Crippen molar-refractivity contribution in [3.05, 3.63) is 0 Å². The van der Waals surface area contributed by atoms with Gasteiger partial charge in [-0.2, -0.15) is 0 Å². The fraction of sp³-hybridized carbons (Fsp3) is 1.00. The first-order valence-electron chi connectivity index (χ1n) is 7.43. The van der Waals surface area contributed by atoms with Gasteiger partial charge in [0.05, 0.1) is 0 Å². The van der Waals surface area contributed by atoms with Crippen molar-refractivity contribution in [3.8, 4) is 0 Å². The van der Waals surface area contributed by atoms with Crippen LogP contribution in [-0.2, 0) is 0 Å². The van der Waals surface area contributed by atoms with E-state index in [0.717, 1.165) is 5.92 Å². The predicted octanol–water partition coefficient (Wildman–Crippen LogP) is 5.71. The van der Waals surface area contributed by atoms with Gasteiger partial charge in [0, 0.05) is 0 Å². The van der Waals surface area contributed by atoms with E-state index in [2.05, 4.69) is 6.92 Å². The van der Waals surface area contributed by atoms with Crippen molar-refractivity contribution in [3.63, 3.8) is 0 Å². The first-order valence-corrected chi connectivity index (χ1v) is 7.43. The fourth-order valence-corrected chi connectivity index (χ4v) is 2.87. The lowest BCUT2D eigenvalue weighted by Crippen LogP contribution is -2.03. The van der Waals surface area contributed by atoms with Gasteiger partial charge in [-0.05, 0) is 5.92 Å². The number of unbranched alkanes of at least 4 members (excludes halogenated alkanes) is 4. The van der Waals surface area contributed by atoms with E-state index in [-0.39, 0.29) is 0 Å². The zero-order chi connectivity index (χ0) is 10.8. The van der Waals surface area contributed by atoms with E-state index in [1.807, 2.05) is 0 Å². The van der Waals surface area contributed by atoms with Crippen molar-refractivity contribution >= 4 is 0 Å². The van der Waals surface area contributed by atoms with Crippen molar-refractivity contribution < 1.29 is 0 Å². The average Bonchev–Trinajstić information content (AvgIpc) is 2.20. The van der Waals surface area contributed by atoms with Gasteiger partial charge in [-0.25, -0.2) is 0 Å². The second kappa shape index (κ2) is 9.24. The molecule has 0 N–H and O–H groups in total. The lowest BCUT2D eigenvalue weighted by atomic mass is 9.87. The molecule has 0 nitrogen and oxygen atoms in total. The molecule has 0 bridgehead atoms. The maximum Gasteiger partial charge on any atom is -0.0414 e. The summed E-state index contributed by atoms with van der Waals surface area (Å²) < 4.78 is 0. The Balaban J connectivity index is 1.97. The van der Waals surface area contributed by atoms with Gasteiger partial charge in [-0.15, -0.1) is 0 Å². The highest BCUT2D eigenvalue weighted by molar-refractivity contribution is 4.64. The van der Waals surface area contributed by atoms with Crippen molar-refractivity contribution in [2.24, 2.45) is 5.92 Å². The van der Waals surface area contributed by atoms with Crippen molar-refractivity contribution in [1.29, 1.82) is 0 Å². The second-order valence-electron chi connectivity index (χ2n) is 5.41. The molecule has 0 heterocycles. The SMILES string of the molecule is CCCCCCCC1CCCCCCC1. The van der Waals surface area contributed by atoms with Crippen LogP contribution in [0.3, 0.4) is 0 Å². The molecule has 0 aromatic heterocycles. The van der Waals surface area contributed by atoms with E-state index in [1.165, 1.54) is 83.5 Å². The van der Waals surface area contributed by atoms with E-state index in [0.29, 0.717) is 0 Å². The van der Waals surface area contributed by atoms with E-state index >= 15 is 0 Å². The lowest BCUT2D eigenvalue weighted by molar-refractivity contribution is 0.347. The molecular formula is C15H30. The monoisotopic (exact) mass is 210 g/mol. The van der Waals surface area contributed by atoms with E-state index in [1.54, 1.807) is 0 Å². The summed E-state index contributed by atoms with van der Waals surface area (Å²) >= 11 is 0. The number of hydrogen-bond donors (Lipinski definition) is 0. The zero-order valence-corrected chi connectivity index (χ0v) is 10.8. The highest BCUT2D eigenvalue weighted by atomic mass is 14.2. The van der Waals surface area contributed by atoms with Crippen molar-refractivity contribution in [1.82, 2.24) is 0 Å². The molecule has 1 aliphatic carbocycles. The molecule has 0 spiro atoms. The first-order chi connectivity index (χ1) is 7.43. The smallest absolute Gasteiger partial charge is 0.0414 e.